The van der Waals surface area contributed by atoms with Gasteiger partial charge in [0, 0.05) is 12.1 Å². The van der Waals surface area contributed by atoms with Crippen molar-refractivity contribution in [2.24, 2.45) is 7.05 Å². The standard InChI is InChI=1S/C14H13ClN6O2/c1-21-6-17-10-11(19-14(16)20-12(10)21)18-9(13(22)23)7-2-4-8(15)5-3-7/h2-6,9H,1H3,(H,22,23)(H3,16,18,19,20). The minimum absolute atomic E-state index is 0.0313. The number of benzene rings is 1. The molecule has 1 aromatic carbocycles. The van der Waals surface area contributed by atoms with Gasteiger partial charge in [-0.2, -0.15) is 9.97 Å². The Morgan fingerprint density at radius 1 is 1.35 bits per heavy atom. The first-order chi connectivity index (χ1) is 11.0. The van der Waals surface area contributed by atoms with E-state index in [1.165, 1.54) is 0 Å². The van der Waals surface area contributed by atoms with Gasteiger partial charge in [0.25, 0.3) is 0 Å². The van der Waals surface area contributed by atoms with Gasteiger partial charge in [0.05, 0.1) is 6.33 Å². The van der Waals surface area contributed by atoms with E-state index in [9.17, 15) is 9.90 Å². The lowest BCUT2D eigenvalue weighted by Crippen LogP contribution is -2.21. The lowest BCUT2D eigenvalue weighted by Gasteiger charge is -2.16. The molecular formula is C14H13ClN6O2. The Balaban J connectivity index is 2.04. The number of fused-ring (bicyclic) bond motifs is 1. The Hall–Kier alpha value is -2.87. The van der Waals surface area contributed by atoms with Crippen LogP contribution < -0.4 is 11.1 Å². The topological polar surface area (TPSA) is 119 Å². The zero-order valence-electron chi connectivity index (χ0n) is 12.1. The maximum absolute atomic E-state index is 11.6. The summed E-state index contributed by atoms with van der Waals surface area (Å²) in [4.78, 5) is 24.0. The Bertz CT molecular complexity index is 877. The fourth-order valence-corrected chi connectivity index (χ4v) is 2.33. The average Bonchev–Trinajstić information content (AvgIpc) is 2.87. The van der Waals surface area contributed by atoms with E-state index in [0.717, 1.165) is 0 Å². The zero-order chi connectivity index (χ0) is 16.6. The van der Waals surface area contributed by atoms with Crippen LogP contribution in [-0.2, 0) is 11.8 Å². The summed E-state index contributed by atoms with van der Waals surface area (Å²) in [6.07, 6.45) is 1.56. The number of nitrogen functional groups attached to an aromatic ring is 1. The van der Waals surface area contributed by atoms with Crippen molar-refractivity contribution in [3.05, 3.63) is 41.2 Å². The maximum Gasteiger partial charge on any atom is 0.330 e. The maximum atomic E-state index is 11.6. The van der Waals surface area contributed by atoms with E-state index in [4.69, 9.17) is 17.3 Å². The number of halogens is 1. The molecule has 8 nitrogen and oxygen atoms in total. The van der Waals surface area contributed by atoms with Gasteiger partial charge >= 0.3 is 5.97 Å². The first kappa shape index (κ1) is 15.0. The number of nitrogens with one attached hydrogen (secondary N) is 1. The molecule has 0 saturated carbocycles. The van der Waals surface area contributed by atoms with Gasteiger partial charge in [0.2, 0.25) is 5.95 Å². The van der Waals surface area contributed by atoms with Crippen molar-refractivity contribution in [3.63, 3.8) is 0 Å². The minimum atomic E-state index is -1.06. The molecule has 0 spiro atoms. The van der Waals surface area contributed by atoms with Crippen molar-refractivity contribution in [2.75, 3.05) is 11.1 Å². The number of carboxylic acids is 1. The first-order valence-electron chi connectivity index (χ1n) is 6.65. The number of rotatable bonds is 4. The van der Waals surface area contributed by atoms with E-state index in [0.29, 0.717) is 21.7 Å². The summed E-state index contributed by atoms with van der Waals surface area (Å²) in [5.41, 5.74) is 7.19. The lowest BCUT2D eigenvalue weighted by molar-refractivity contribution is -0.138. The molecule has 0 aliphatic heterocycles. The second-order valence-corrected chi connectivity index (χ2v) is 5.36. The fraction of sp³-hybridized carbons (Fsp3) is 0.143. The van der Waals surface area contributed by atoms with Crippen LogP contribution >= 0.6 is 11.6 Å². The van der Waals surface area contributed by atoms with E-state index in [-0.39, 0.29) is 11.8 Å². The molecule has 0 saturated heterocycles. The second kappa shape index (κ2) is 5.73. The molecule has 0 amide bonds. The highest BCUT2D eigenvalue weighted by atomic mass is 35.5. The number of carbonyl (C=O) groups is 1. The van der Waals surface area contributed by atoms with Crippen LogP contribution in [0.2, 0.25) is 5.02 Å². The van der Waals surface area contributed by atoms with Gasteiger partial charge < -0.3 is 20.7 Å². The highest BCUT2D eigenvalue weighted by Crippen LogP contribution is 2.25. The summed E-state index contributed by atoms with van der Waals surface area (Å²) in [5, 5.41) is 12.9. The van der Waals surface area contributed by atoms with E-state index in [2.05, 4.69) is 20.3 Å². The number of nitrogens with two attached hydrogens (primary N) is 1. The summed E-state index contributed by atoms with van der Waals surface area (Å²) in [7, 11) is 1.76. The molecule has 4 N–H and O–H groups in total. The normalized spacial score (nSPS) is 12.3. The Labute approximate surface area is 135 Å². The van der Waals surface area contributed by atoms with Crippen LogP contribution in [-0.4, -0.2) is 30.6 Å². The van der Waals surface area contributed by atoms with Crippen LogP contribution in [0.3, 0.4) is 0 Å². The molecule has 1 atom stereocenters. The van der Waals surface area contributed by atoms with Crippen LogP contribution in [0, 0.1) is 0 Å². The summed E-state index contributed by atoms with van der Waals surface area (Å²) in [6.45, 7) is 0. The van der Waals surface area contributed by atoms with Crippen LogP contribution in [0.25, 0.3) is 11.2 Å². The molecule has 0 aliphatic carbocycles. The number of aromatic nitrogens is 4. The van der Waals surface area contributed by atoms with Gasteiger partial charge in [-0.05, 0) is 17.7 Å². The van der Waals surface area contributed by atoms with Crippen molar-refractivity contribution in [2.45, 2.75) is 6.04 Å². The smallest absolute Gasteiger partial charge is 0.330 e. The number of hydrogen-bond acceptors (Lipinski definition) is 6. The summed E-state index contributed by atoms with van der Waals surface area (Å²) < 4.78 is 1.68. The lowest BCUT2D eigenvalue weighted by atomic mass is 10.1. The molecule has 0 fully saturated rings. The summed E-state index contributed by atoms with van der Waals surface area (Å²) >= 11 is 5.84. The molecule has 2 aromatic heterocycles. The van der Waals surface area contributed by atoms with Gasteiger partial charge in [-0.15, -0.1) is 0 Å². The van der Waals surface area contributed by atoms with Crippen LogP contribution in [0.4, 0.5) is 11.8 Å². The summed E-state index contributed by atoms with van der Waals surface area (Å²) in [5.74, 6) is -0.770. The number of hydrogen-bond donors (Lipinski definition) is 3. The van der Waals surface area contributed by atoms with E-state index < -0.39 is 12.0 Å². The third kappa shape index (κ3) is 2.88. The molecular weight excluding hydrogens is 320 g/mol. The van der Waals surface area contributed by atoms with Crippen molar-refractivity contribution in [3.8, 4) is 0 Å². The SMILES string of the molecule is Cn1cnc2c(NC(C(=O)O)c3ccc(Cl)cc3)nc(N)nc21. The predicted molar refractivity (Wildman–Crippen MR) is 86.2 cm³/mol. The molecule has 3 rings (SSSR count). The first-order valence-corrected chi connectivity index (χ1v) is 7.03. The predicted octanol–water partition coefficient (Wildman–Crippen LogP) is 1.84. The Morgan fingerprint density at radius 2 is 2.04 bits per heavy atom. The van der Waals surface area contributed by atoms with Gasteiger partial charge in [-0.3, -0.25) is 0 Å². The molecule has 0 aliphatic rings. The second-order valence-electron chi connectivity index (χ2n) is 4.93. The van der Waals surface area contributed by atoms with E-state index in [1.54, 1.807) is 42.2 Å². The van der Waals surface area contributed by atoms with Crippen molar-refractivity contribution < 1.29 is 9.90 Å². The van der Waals surface area contributed by atoms with E-state index in [1.807, 2.05) is 0 Å². The van der Waals surface area contributed by atoms with E-state index >= 15 is 0 Å². The van der Waals surface area contributed by atoms with Gasteiger partial charge in [-0.1, -0.05) is 23.7 Å². The molecule has 1 unspecified atom stereocenters. The molecule has 2 heterocycles. The van der Waals surface area contributed by atoms with Gasteiger partial charge in [-0.25, -0.2) is 9.78 Å². The Kier molecular flexibility index (Phi) is 3.75. The third-order valence-electron chi connectivity index (χ3n) is 3.31. The number of imidazole rings is 1. The fourth-order valence-electron chi connectivity index (χ4n) is 2.20. The number of aryl methyl sites for hydroxylation is 1. The molecule has 0 radical (unpaired) electrons. The largest absolute Gasteiger partial charge is 0.479 e. The molecule has 9 heteroatoms. The average molecular weight is 333 g/mol. The molecule has 3 aromatic rings. The van der Waals surface area contributed by atoms with Crippen LogP contribution in [0.15, 0.2) is 30.6 Å². The number of carboxylic acid groups (broad SMARTS) is 1. The highest BCUT2D eigenvalue weighted by molar-refractivity contribution is 6.30. The number of nitrogens with zero attached hydrogens (tertiary/aromatic N) is 4. The highest BCUT2D eigenvalue weighted by Gasteiger charge is 2.22. The number of anilines is 2. The monoisotopic (exact) mass is 332 g/mol. The minimum Gasteiger partial charge on any atom is -0.479 e. The van der Waals surface area contributed by atoms with Gasteiger partial charge in [0.1, 0.15) is 0 Å². The van der Waals surface area contributed by atoms with Crippen LogP contribution in [0.1, 0.15) is 11.6 Å². The number of aliphatic carboxylic acids is 1. The molecule has 0 bridgehead atoms. The molecule has 118 valence electrons. The summed E-state index contributed by atoms with van der Waals surface area (Å²) in [6, 6.07) is 5.49. The van der Waals surface area contributed by atoms with Crippen LogP contribution in [0.5, 0.6) is 0 Å². The third-order valence-corrected chi connectivity index (χ3v) is 3.56. The zero-order valence-corrected chi connectivity index (χ0v) is 12.8. The molecule has 23 heavy (non-hydrogen) atoms. The Morgan fingerprint density at radius 3 is 2.70 bits per heavy atom. The van der Waals surface area contributed by atoms with Crippen molar-refractivity contribution >= 4 is 40.5 Å². The van der Waals surface area contributed by atoms with Gasteiger partial charge in [0.15, 0.2) is 23.0 Å². The van der Waals surface area contributed by atoms with Crippen molar-refractivity contribution in [1.82, 2.24) is 19.5 Å². The van der Waals surface area contributed by atoms with Crippen molar-refractivity contribution in [1.29, 1.82) is 0 Å². The quantitative estimate of drug-likeness (QED) is 0.666.